The summed E-state index contributed by atoms with van der Waals surface area (Å²) in [5, 5.41) is 10.2. The summed E-state index contributed by atoms with van der Waals surface area (Å²) in [6.07, 6.45) is 5.23. The number of nitrogens with zero attached hydrogens (tertiary/aromatic N) is 2. The lowest BCUT2D eigenvalue weighted by Crippen LogP contribution is -2.40. The zero-order valence-electron chi connectivity index (χ0n) is 10.5. The number of pyridine rings is 1. The first-order valence-corrected chi connectivity index (χ1v) is 5.89. The van der Waals surface area contributed by atoms with Crippen molar-refractivity contribution in [1.29, 1.82) is 0 Å². The molecule has 1 rings (SSSR count). The third-order valence-electron chi connectivity index (χ3n) is 3.06. The molecular weight excluding hydrogens is 200 g/mol. The summed E-state index contributed by atoms with van der Waals surface area (Å²) in [5.41, 5.74) is 0.622. The quantitative estimate of drug-likeness (QED) is 0.800. The fourth-order valence-electron chi connectivity index (χ4n) is 1.84. The van der Waals surface area contributed by atoms with Crippen LogP contribution in [0.4, 0.5) is 0 Å². The lowest BCUT2D eigenvalue weighted by Gasteiger charge is -2.30. The van der Waals surface area contributed by atoms with Crippen LogP contribution in [0.25, 0.3) is 0 Å². The Labute approximate surface area is 98.1 Å². The second kappa shape index (κ2) is 5.97. The van der Waals surface area contributed by atoms with Crippen molar-refractivity contribution >= 4 is 0 Å². The van der Waals surface area contributed by atoms with E-state index >= 15 is 0 Å². The second-order valence-corrected chi connectivity index (χ2v) is 4.47. The average molecular weight is 222 g/mol. The van der Waals surface area contributed by atoms with Gasteiger partial charge in [0.2, 0.25) is 0 Å². The number of hydrogen-bond donors (Lipinski definition) is 1. The van der Waals surface area contributed by atoms with Gasteiger partial charge in [0.15, 0.2) is 0 Å². The van der Waals surface area contributed by atoms with Crippen molar-refractivity contribution in [3.05, 3.63) is 30.1 Å². The third-order valence-corrected chi connectivity index (χ3v) is 3.06. The monoisotopic (exact) mass is 222 g/mol. The van der Waals surface area contributed by atoms with Crippen LogP contribution in [0.3, 0.4) is 0 Å². The number of hydrogen-bond acceptors (Lipinski definition) is 3. The summed E-state index contributed by atoms with van der Waals surface area (Å²) < 4.78 is 0. The molecule has 0 aliphatic carbocycles. The molecule has 0 atom stereocenters. The van der Waals surface area contributed by atoms with Crippen LogP contribution in [0.5, 0.6) is 0 Å². The maximum atomic E-state index is 10.2. The molecule has 0 bridgehead atoms. The van der Waals surface area contributed by atoms with Gasteiger partial charge in [-0.3, -0.25) is 9.88 Å². The van der Waals surface area contributed by atoms with Crippen LogP contribution in [0.1, 0.15) is 32.3 Å². The largest absolute Gasteiger partial charge is 0.389 e. The highest BCUT2D eigenvalue weighted by atomic mass is 16.3. The summed E-state index contributed by atoms with van der Waals surface area (Å²) in [7, 11) is 2.03. The highest BCUT2D eigenvalue weighted by Gasteiger charge is 2.23. The van der Waals surface area contributed by atoms with E-state index in [0.29, 0.717) is 6.54 Å². The Morgan fingerprint density at radius 2 is 2.06 bits per heavy atom. The van der Waals surface area contributed by atoms with Crippen LogP contribution < -0.4 is 0 Å². The Morgan fingerprint density at radius 3 is 2.56 bits per heavy atom. The van der Waals surface area contributed by atoms with E-state index in [0.717, 1.165) is 19.4 Å². The zero-order valence-corrected chi connectivity index (χ0v) is 10.5. The fraction of sp³-hybridized carbons (Fsp3) is 0.615. The van der Waals surface area contributed by atoms with Gasteiger partial charge in [-0.1, -0.05) is 19.9 Å². The van der Waals surface area contributed by atoms with Gasteiger partial charge in [0.1, 0.15) is 0 Å². The standard InChI is InChI=1S/C13H22N2O/c1-4-13(16,5-2)11-15(3)10-12-7-6-8-14-9-12/h6-9,16H,4-5,10-11H2,1-3H3. The Balaban J connectivity index is 2.50. The number of rotatable bonds is 6. The van der Waals surface area contributed by atoms with E-state index in [1.54, 1.807) is 6.20 Å². The lowest BCUT2D eigenvalue weighted by atomic mass is 9.97. The van der Waals surface area contributed by atoms with E-state index in [1.165, 1.54) is 5.56 Å². The van der Waals surface area contributed by atoms with Gasteiger partial charge < -0.3 is 5.11 Å². The molecule has 0 aromatic carbocycles. The molecule has 16 heavy (non-hydrogen) atoms. The molecule has 1 aromatic rings. The van der Waals surface area contributed by atoms with Gasteiger partial charge in [-0.05, 0) is 31.5 Å². The van der Waals surface area contributed by atoms with Crippen LogP contribution >= 0.6 is 0 Å². The van der Waals surface area contributed by atoms with Crippen molar-refractivity contribution in [2.75, 3.05) is 13.6 Å². The molecule has 0 saturated heterocycles. The third kappa shape index (κ3) is 3.91. The van der Waals surface area contributed by atoms with Gasteiger partial charge in [0.25, 0.3) is 0 Å². The predicted molar refractivity (Wildman–Crippen MR) is 66.1 cm³/mol. The SMILES string of the molecule is CCC(O)(CC)CN(C)Cc1cccnc1. The molecule has 3 nitrogen and oxygen atoms in total. The van der Waals surface area contributed by atoms with Crippen molar-refractivity contribution in [3.63, 3.8) is 0 Å². The lowest BCUT2D eigenvalue weighted by molar-refractivity contribution is 0.00129. The Bertz CT molecular complexity index is 296. The predicted octanol–water partition coefficient (Wildman–Crippen LogP) is 2.06. The maximum absolute atomic E-state index is 10.2. The first-order chi connectivity index (χ1) is 7.59. The summed E-state index contributed by atoms with van der Waals surface area (Å²) in [4.78, 5) is 6.23. The van der Waals surface area contributed by atoms with Crippen LogP contribution in [0.2, 0.25) is 0 Å². The minimum Gasteiger partial charge on any atom is -0.389 e. The number of aliphatic hydroxyl groups is 1. The van der Waals surface area contributed by atoms with Crippen molar-refractivity contribution in [2.24, 2.45) is 0 Å². The normalized spacial score (nSPS) is 12.1. The maximum Gasteiger partial charge on any atom is 0.0768 e. The Hall–Kier alpha value is -0.930. The molecule has 0 spiro atoms. The summed E-state index contributed by atoms with van der Waals surface area (Å²) in [6.45, 7) is 5.59. The fourth-order valence-corrected chi connectivity index (χ4v) is 1.84. The molecule has 0 aliphatic rings. The molecule has 1 aromatic heterocycles. The van der Waals surface area contributed by atoms with Crippen LogP contribution in [0.15, 0.2) is 24.5 Å². The van der Waals surface area contributed by atoms with Crippen LogP contribution in [0, 0.1) is 0 Å². The van der Waals surface area contributed by atoms with Crippen LogP contribution in [-0.4, -0.2) is 34.2 Å². The van der Waals surface area contributed by atoms with E-state index in [9.17, 15) is 5.11 Å². The Kier molecular flexibility index (Phi) is 4.90. The highest BCUT2D eigenvalue weighted by molar-refractivity contribution is 5.08. The van der Waals surface area contributed by atoms with Gasteiger partial charge in [0.05, 0.1) is 5.60 Å². The molecule has 1 heterocycles. The number of likely N-dealkylation sites (N-methyl/N-ethyl adjacent to an activating group) is 1. The molecule has 3 heteroatoms. The summed E-state index contributed by atoms with van der Waals surface area (Å²) in [5.74, 6) is 0. The van der Waals surface area contributed by atoms with Crippen molar-refractivity contribution < 1.29 is 5.11 Å². The van der Waals surface area contributed by atoms with Crippen molar-refractivity contribution in [2.45, 2.75) is 38.8 Å². The van der Waals surface area contributed by atoms with E-state index < -0.39 is 5.60 Å². The molecule has 90 valence electrons. The molecule has 0 radical (unpaired) electrons. The average Bonchev–Trinajstić information content (AvgIpc) is 2.30. The Morgan fingerprint density at radius 1 is 1.38 bits per heavy atom. The zero-order chi connectivity index (χ0) is 12.0. The van der Waals surface area contributed by atoms with Gasteiger partial charge in [-0.15, -0.1) is 0 Å². The summed E-state index contributed by atoms with van der Waals surface area (Å²) >= 11 is 0. The minimum absolute atomic E-state index is 0.559. The molecule has 0 unspecified atom stereocenters. The molecule has 0 fully saturated rings. The van der Waals surface area contributed by atoms with Gasteiger partial charge in [-0.2, -0.15) is 0 Å². The van der Waals surface area contributed by atoms with Gasteiger partial charge in [-0.25, -0.2) is 0 Å². The molecule has 0 aliphatic heterocycles. The molecule has 0 saturated carbocycles. The van der Waals surface area contributed by atoms with E-state index in [2.05, 4.69) is 16.0 Å². The van der Waals surface area contributed by atoms with Gasteiger partial charge >= 0.3 is 0 Å². The second-order valence-electron chi connectivity index (χ2n) is 4.47. The smallest absolute Gasteiger partial charge is 0.0768 e. The van der Waals surface area contributed by atoms with Crippen molar-refractivity contribution in [3.8, 4) is 0 Å². The van der Waals surface area contributed by atoms with Crippen LogP contribution in [-0.2, 0) is 6.54 Å². The molecule has 1 N–H and O–H groups in total. The van der Waals surface area contributed by atoms with E-state index in [1.807, 2.05) is 33.2 Å². The summed E-state index contributed by atoms with van der Waals surface area (Å²) in [6, 6.07) is 4.00. The van der Waals surface area contributed by atoms with Gasteiger partial charge in [0, 0.05) is 25.5 Å². The van der Waals surface area contributed by atoms with Crippen molar-refractivity contribution in [1.82, 2.24) is 9.88 Å². The first-order valence-electron chi connectivity index (χ1n) is 5.89. The van der Waals surface area contributed by atoms with E-state index in [4.69, 9.17) is 0 Å². The first kappa shape index (κ1) is 13.1. The number of aromatic nitrogens is 1. The highest BCUT2D eigenvalue weighted by Crippen LogP contribution is 2.16. The minimum atomic E-state index is -0.559. The topological polar surface area (TPSA) is 36.4 Å². The van der Waals surface area contributed by atoms with E-state index in [-0.39, 0.29) is 0 Å². The molecular formula is C13H22N2O. The molecule has 0 amide bonds.